The van der Waals surface area contributed by atoms with Crippen LogP contribution in [0.5, 0.6) is 17.2 Å². The zero-order valence-electron chi connectivity index (χ0n) is 15.2. The van der Waals surface area contributed by atoms with E-state index in [0.717, 1.165) is 12.8 Å². The fourth-order valence-corrected chi connectivity index (χ4v) is 2.28. The molecule has 7 nitrogen and oxygen atoms in total. The Morgan fingerprint density at radius 2 is 1.96 bits per heavy atom. The minimum Gasteiger partial charge on any atom is -0.493 e. The van der Waals surface area contributed by atoms with E-state index in [9.17, 15) is 14.0 Å². The summed E-state index contributed by atoms with van der Waals surface area (Å²) in [5.74, 6) is -0.668. The number of benzene rings is 2. The minimum atomic E-state index is -0.548. The van der Waals surface area contributed by atoms with Gasteiger partial charge in [-0.1, -0.05) is 12.1 Å². The highest BCUT2D eigenvalue weighted by Crippen LogP contribution is 2.34. The second kappa shape index (κ2) is 8.98. The molecule has 1 N–H and O–H groups in total. The van der Waals surface area contributed by atoms with Gasteiger partial charge in [0, 0.05) is 0 Å². The van der Waals surface area contributed by atoms with Gasteiger partial charge in [0.1, 0.15) is 0 Å². The summed E-state index contributed by atoms with van der Waals surface area (Å²) in [6, 6.07) is 10.7. The van der Waals surface area contributed by atoms with Crippen LogP contribution in [0, 0.1) is 11.7 Å². The molecule has 1 amide bonds. The summed E-state index contributed by atoms with van der Waals surface area (Å²) < 4.78 is 29.0. The van der Waals surface area contributed by atoms with Gasteiger partial charge in [-0.15, -0.1) is 0 Å². The van der Waals surface area contributed by atoms with Crippen LogP contribution in [-0.2, 0) is 9.59 Å². The lowest BCUT2D eigenvalue weighted by molar-refractivity contribution is -0.135. The number of carbonyl (C=O) groups is 2. The summed E-state index contributed by atoms with van der Waals surface area (Å²) in [4.78, 5) is 23.5. The molecule has 3 rings (SSSR count). The second-order valence-corrected chi connectivity index (χ2v) is 6.12. The predicted octanol–water partition coefficient (Wildman–Crippen LogP) is 2.68. The molecule has 0 saturated heterocycles. The molecule has 0 spiro atoms. The molecule has 0 aliphatic heterocycles. The van der Waals surface area contributed by atoms with Crippen molar-refractivity contribution in [2.24, 2.45) is 11.0 Å². The molecule has 0 atom stereocenters. The lowest BCUT2D eigenvalue weighted by Crippen LogP contribution is -2.24. The number of hydrogen-bond donors (Lipinski definition) is 1. The molecule has 2 aromatic carbocycles. The Morgan fingerprint density at radius 3 is 2.68 bits per heavy atom. The van der Waals surface area contributed by atoms with Crippen LogP contribution in [0.25, 0.3) is 0 Å². The van der Waals surface area contributed by atoms with Crippen molar-refractivity contribution in [3.63, 3.8) is 0 Å². The van der Waals surface area contributed by atoms with Crippen LogP contribution in [0.4, 0.5) is 4.39 Å². The summed E-state index contributed by atoms with van der Waals surface area (Å²) in [6.45, 7) is -0.377. The third-order valence-corrected chi connectivity index (χ3v) is 3.91. The average molecular weight is 386 g/mol. The van der Waals surface area contributed by atoms with E-state index in [0.29, 0.717) is 17.1 Å². The van der Waals surface area contributed by atoms with Crippen LogP contribution in [0.2, 0.25) is 0 Å². The summed E-state index contributed by atoms with van der Waals surface area (Å²) >= 11 is 0. The van der Waals surface area contributed by atoms with Gasteiger partial charge in [0.15, 0.2) is 29.7 Å². The van der Waals surface area contributed by atoms with Gasteiger partial charge < -0.3 is 14.2 Å². The van der Waals surface area contributed by atoms with Gasteiger partial charge in [-0.25, -0.2) is 9.82 Å². The first-order chi connectivity index (χ1) is 13.6. The van der Waals surface area contributed by atoms with Crippen molar-refractivity contribution in [2.75, 3.05) is 13.7 Å². The van der Waals surface area contributed by atoms with E-state index in [1.54, 1.807) is 24.3 Å². The van der Waals surface area contributed by atoms with Crippen LogP contribution in [0.3, 0.4) is 0 Å². The maximum absolute atomic E-state index is 13.4. The smallest absolute Gasteiger partial charge is 0.314 e. The molecule has 28 heavy (non-hydrogen) atoms. The highest BCUT2D eigenvalue weighted by atomic mass is 19.1. The van der Waals surface area contributed by atoms with Gasteiger partial charge in [0.05, 0.1) is 19.2 Å². The van der Waals surface area contributed by atoms with E-state index in [4.69, 9.17) is 14.2 Å². The van der Waals surface area contributed by atoms with Crippen molar-refractivity contribution in [2.45, 2.75) is 12.8 Å². The van der Waals surface area contributed by atoms with Crippen molar-refractivity contribution < 1.29 is 28.2 Å². The van der Waals surface area contributed by atoms with Gasteiger partial charge in [-0.3, -0.25) is 9.59 Å². The SMILES string of the molecule is COc1cc(/C=N\NC(=O)COc2ccccc2F)ccc1OC(=O)C1CC1. The Kier molecular flexibility index (Phi) is 6.21. The summed E-state index contributed by atoms with van der Waals surface area (Å²) in [5, 5.41) is 3.82. The number of hydrazone groups is 1. The van der Waals surface area contributed by atoms with Gasteiger partial charge in [-0.05, 0) is 48.7 Å². The average Bonchev–Trinajstić information content (AvgIpc) is 3.54. The number of nitrogens with one attached hydrogen (secondary N) is 1. The van der Waals surface area contributed by atoms with Gasteiger partial charge in [-0.2, -0.15) is 5.10 Å². The first-order valence-corrected chi connectivity index (χ1v) is 8.66. The number of methoxy groups -OCH3 is 1. The monoisotopic (exact) mass is 386 g/mol. The van der Waals surface area contributed by atoms with Crippen LogP contribution in [0.1, 0.15) is 18.4 Å². The zero-order valence-corrected chi connectivity index (χ0v) is 15.2. The van der Waals surface area contributed by atoms with Crippen LogP contribution < -0.4 is 19.6 Å². The standard InChI is InChI=1S/C20H19FN2O5/c1-26-18-10-13(6-9-17(18)28-20(25)14-7-8-14)11-22-23-19(24)12-27-16-5-3-2-4-15(16)21/h2-6,9-11,14H,7-8,12H2,1H3,(H,23,24)/b22-11-. The number of carbonyl (C=O) groups excluding carboxylic acids is 2. The van der Waals surface area contributed by atoms with Gasteiger partial charge >= 0.3 is 5.97 Å². The summed E-state index contributed by atoms with van der Waals surface area (Å²) in [5.41, 5.74) is 2.91. The van der Waals surface area contributed by atoms with Crippen LogP contribution >= 0.6 is 0 Å². The van der Waals surface area contributed by atoms with Crippen molar-refractivity contribution in [1.82, 2.24) is 5.43 Å². The molecular weight excluding hydrogens is 367 g/mol. The lowest BCUT2D eigenvalue weighted by atomic mass is 10.2. The highest BCUT2D eigenvalue weighted by molar-refractivity contribution is 5.84. The molecule has 0 radical (unpaired) electrons. The molecule has 0 bridgehead atoms. The predicted molar refractivity (Wildman–Crippen MR) is 99.0 cm³/mol. The van der Waals surface area contributed by atoms with Crippen molar-refractivity contribution >= 4 is 18.1 Å². The summed E-state index contributed by atoms with van der Waals surface area (Å²) in [6.07, 6.45) is 3.11. The van der Waals surface area contributed by atoms with Crippen LogP contribution in [0.15, 0.2) is 47.6 Å². The van der Waals surface area contributed by atoms with E-state index < -0.39 is 11.7 Å². The molecular formula is C20H19FN2O5. The third-order valence-electron chi connectivity index (χ3n) is 3.91. The lowest BCUT2D eigenvalue weighted by Gasteiger charge is -2.09. The molecule has 1 aliphatic rings. The highest BCUT2D eigenvalue weighted by Gasteiger charge is 2.32. The van der Waals surface area contributed by atoms with E-state index >= 15 is 0 Å². The Hall–Kier alpha value is -3.42. The van der Waals surface area contributed by atoms with Gasteiger partial charge in [0.25, 0.3) is 5.91 Å². The Labute approximate surface area is 161 Å². The van der Waals surface area contributed by atoms with Gasteiger partial charge in [0.2, 0.25) is 0 Å². The topological polar surface area (TPSA) is 86.2 Å². The maximum atomic E-state index is 13.4. The molecule has 1 fully saturated rings. The van der Waals surface area contributed by atoms with Crippen molar-refractivity contribution in [3.05, 3.63) is 53.8 Å². The fraction of sp³-hybridized carbons (Fsp3) is 0.250. The number of para-hydroxylation sites is 1. The first-order valence-electron chi connectivity index (χ1n) is 8.66. The molecule has 0 unspecified atom stereocenters. The van der Waals surface area contributed by atoms with E-state index in [2.05, 4.69) is 10.5 Å². The Bertz CT molecular complexity index is 896. The molecule has 1 aliphatic carbocycles. The van der Waals surface area contributed by atoms with Crippen LogP contribution in [-0.4, -0.2) is 31.8 Å². The van der Waals surface area contributed by atoms with Crippen molar-refractivity contribution in [3.8, 4) is 17.2 Å². The Balaban J connectivity index is 1.52. The quantitative estimate of drug-likeness (QED) is 0.326. The first kappa shape index (κ1) is 19.3. The zero-order chi connectivity index (χ0) is 19.9. The number of rotatable bonds is 8. The molecule has 0 heterocycles. The van der Waals surface area contributed by atoms with E-state index in [1.807, 2.05) is 0 Å². The maximum Gasteiger partial charge on any atom is 0.314 e. The minimum absolute atomic E-state index is 0.0114. The van der Waals surface area contributed by atoms with E-state index in [1.165, 1.54) is 31.5 Å². The molecule has 2 aromatic rings. The number of nitrogens with zero attached hydrogens (tertiary/aromatic N) is 1. The number of ether oxygens (including phenoxy) is 3. The molecule has 1 saturated carbocycles. The molecule has 146 valence electrons. The van der Waals surface area contributed by atoms with E-state index in [-0.39, 0.29) is 24.2 Å². The number of esters is 1. The number of amides is 1. The summed E-state index contributed by atoms with van der Waals surface area (Å²) in [7, 11) is 1.46. The number of hydrogen-bond acceptors (Lipinski definition) is 6. The fourth-order valence-electron chi connectivity index (χ4n) is 2.28. The largest absolute Gasteiger partial charge is 0.493 e. The third kappa shape index (κ3) is 5.29. The normalized spacial score (nSPS) is 13.2. The second-order valence-electron chi connectivity index (χ2n) is 6.12. The molecule has 8 heteroatoms. The van der Waals surface area contributed by atoms with Crippen molar-refractivity contribution in [1.29, 1.82) is 0 Å². The molecule has 0 aromatic heterocycles. The number of halogens is 1. The Morgan fingerprint density at radius 1 is 1.18 bits per heavy atom.